The Morgan fingerprint density at radius 2 is 2.03 bits per heavy atom. The van der Waals surface area contributed by atoms with Crippen LogP contribution in [0.15, 0.2) is 49.6 Å². The van der Waals surface area contributed by atoms with E-state index in [2.05, 4.69) is 13.2 Å². The third kappa shape index (κ3) is 4.82. The maximum absolute atomic E-state index is 14.7. The zero-order valence-corrected chi connectivity index (χ0v) is 24.5. The number of nitrogens with zero attached hydrogens (tertiary/aromatic N) is 2. The van der Waals surface area contributed by atoms with Gasteiger partial charge in [-0.05, 0) is 44.2 Å². The van der Waals surface area contributed by atoms with Gasteiger partial charge >= 0.3 is 5.97 Å². The average Bonchev–Trinajstić information content (AvgIpc) is 3.49. The maximum Gasteiger partial charge on any atom is 0.311 e. The van der Waals surface area contributed by atoms with Crippen molar-refractivity contribution < 1.29 is 24.2 Å². The van der Waals surface area contributed by atoms with Gasteiger partial charge in [-0.2, -0.15) is 0 Å². The fourth-order valence-electron chi connectivity index (χ4n) is 6.76. The van der Waals surface area contributed by atoms with Gasteiger partial charge in [-0.3, -0.25) is 14.4 Å². The molecule has 0 saturated carbocycles. The quantitative estimate of drug-likeness (QED) is 0.218. The first-order valence-corrected chi connectivity index (χ1v) is 14.9. The van der Waals surface area contributed by atoms with Gasteiger partial charge in [0.05, 0.1) is 46.5 Å². The predicted octanol–water partition coefficient (Wildman–Crippen LogP) is 4.87. The summed E-state index contributed by atoms with van der Waals surface area (Å²) >= 11 is 8.13. The number of likely N-dealkylation sites (tertiary alicyclic amines) is 1. The number of aliphatic hydroxyl groups is 1. The van der Waals surface area contributed by atoms with E-state index in [-0.39, 0.29) is 37.5 Å². The lowest BCUT2D eigenvalue weighted by Gasteiger charge is -2.41. The van der Waals surface area contributed by atoms with Crippen LogP contribution >= 0.6 is 23.4 Å². The first kappa shape index (κ1) is 29.7. The SMILES string of the molecule is C=CCCOC(=O)[C@@H]1[C@H]2C(=O)N([C@@H](CO)[C@@H](C)CC)C(C(=O)N(CC=C)c3ccccc3Cl)C23CC[C@@]1(C)S3. The van der Waals surface area contributed by atoms with Crippen molar-refractivity contribution in [1.82, 2.24) is 4.90 Å². The second-order valence-corrected chi connectivity index (χ2v) is 13.3. The monoisotopic (exact) mass is 574 g/mol. The van der Waals surface area contributed by atoms with Gasteiger partial charge < -0.3 is 19.6 Å². The molecule has 0 radical (unpaired) electrons. The lowest BCUT2D eigenvalue weighted by Crippen LogP contribution is -2.58. The molecule has 9 heteroatoms. The molecule has 4 rings (SSSR count). The summed E-state index contributed by atoms with van der Waals surface area (Å²) in [7, 11) is 0. The molecule has 0 aliphatic carbocycles. The third-order valence-corrected chi connectivity index (χ3v) is 11.1. The Morgan fingerprint density at radius 1 is 1.31 bits per heavy atom. The van der Waals surface area contributed by atoms with Crippen LogP contribution in [0.4, 0.5) is 5.69 Å². The summed E-state index contributed by atoms with van der Waals surface area (Å²) in [6, 6.07) is 5.66. The Balaban J connectivity index is 1.85. The van der Waals surface area contributed by atoms with Crippen molar-refractivity contribution >= 4 is 46.8 Å². The molecule has 3 heterocycles. The first-order chi connectivity index (χ1) is 18.6. The summed E-state index contributed by atoms with van der Waals surface area (Å²) in [4.78, 5) is 45.8. The fourth-order valence-corrected chi connectivity index (χ4v) is 9.32. The number of carbonyl (C=O) groups is 3. The Labute approximate surface area is 240 Å². The summed E-state index contributed by atoms with van der Waals surface area (Å²) in [6.07, 6.45) is 5.85. The lowest BCUT2D eigenvalue weighted by molar-refractivity contribution is -0.156. The molecule has 3 aliphatic heterocycles. The van der Waals surface area contributed by atoms with Gasteiger partial charge in [0.2, 0.25) is 5.91 Å². The van der Waals surface area contributed by atoms with Crippen LogP contribution in [0.3, 0.4) is 0 Å². The van der Waals surface area contributed by atoms with Gasteiger partial charge in [0.1, 0.15) is 6.04 Å². The number of amides is 2. The summed E-state index contributed by atoms with van der Waals surface area (Å²) in [5.74, 6) is -2.41. The Bertz CT molecular complexity index is 1150. The highest BCUT2D eigenvalue weighted by Gasteiger charge is 2.78. The van der Waals surface area contributed by atoms with E-state index < -0.39 is 39.4 Å². The number of anilines is 1. The largest absolute Gasteiger partial charge is 0.465 e. The lowest BCUT2D eigenvalue weighted by atomic mass is 9.66. The predicted molar refractivity (Wildman–Crippen MR) is 156 cm³/mol. The minimum Gasteiger partial charge on any atom is -0.465 e. The number of aliphatic hydroxyl groups excluding tert-OH is 1. The minimum absolute atomic E-state index is 0.0616. The molecule has 3 aliphatic rings. The van der Waals surface area contributed by atoms with Crippen molar-refractivity contribution in [3.63, 3.8) is 0 Å². The topological polar surface area (TPSA) is 87.1 Å². The number of ether oxygens (including phenoxy) is 1. The first-order valence-electron chi connectivity index (χ1n) is 13.7. The molecule has 1 aromatic rings. The number of para-hydroxylation sites is 1. The van der Waals surface area contributed by atoms with E-state index in [1.807, 2.05) is 26.8 Å². The van der Waals surface area contributed by atoms with Crippen molar-refractivity contribution in [2.24, 2.45) is 17.8 Å². The van der Waals surface area contributed by atoms with Crippen molar-refractivity contribution in [3.8, 4) is 0 Å². The van der Waals surface area contributed by atoms with Gasteiger partial charge in [-0.15, -0.1) is 24.9 Å². The molecule has 1 spiro atoms. The van der Waals surface area contributed by atoms with Gasteiger partial charge in [0.15, 0.2) is 0 Å². The van der Waals surface area contributed by atoms with Crippen LogP contribution in [0.1, 0.15) is 46.5 Å². The van der Waals surface area contributed by atoms with Gasteiger partial charge in [0.25, 0.3) is 5.91 Å². The average molecular weight is 575 g/mol. The normalized spacial score (nSPS) is 30.5. The molecule has 1 aromatic carbocycles. The second-order valence-electron chi connectivity index (χ2n) is 11.0. The summed E-state index contributed by atoms with van der Waals surface area (Å²) in [5, 5.41) is 11.0. The van der Waals surface area contributed by atoms with E-state index in [0.717, 1.165) is 0 Å². The Morgan fingerprint density at radius 3 is 2.64 bits per heavy atom. The number of fused-ring (bicyclic) bond motifs is 1. The Hall–Kier alpha value is -2.29. The van der Waals surface area contributed by atoms with Crippen LogP contribution in [0, 0.1) is 17.8 Å². The zero-order valence-electron chi connectivity index (χ0n) is 23.0. The number of rotatable bonds is 12. The number of carbonyl (C=O) groups excluding carboxylic acids is 3. The van der Waals surface area contributed by atoms with Crippen LogP contribution in [-0.2, 0) is 19.1 Å². The van der Waals surface area contributed by atoms with Crippen molar-refractivity contribution in [1.29, 1.82) is 0 Å². The number of halogens is 1. The molecule has 3 fully saturated rings. The van der Waals surface area contributed by atoms with E-state index in [4.69, 9.17) is 16.3 Å². The molecule has 2 unspecified atom stereocenters. The maximum atomic E-state index is 14.7. The molecule has 7 nitrogen and oxygen atoms in total. The smallest absolute Gasteiger partial charge is 0.311 e. The molecule has 0 aromatic heterocycles. The van der Waals surface area contributed by atoms with Crippen LogP contribution in [-0.4, -0.2) is 69.1 Å². The fraction of sp³-hybridized carbons (Fsp3) is 0.567. The Kier molecular flexibility index (Phi) is 8.89. The molecule has 2 bridgehead atoms. The van der Waals surface area contributed by atoms with Crippen LogP contribution < -0.4 is 4.90 Å². The van der Waals surface area contributed by atoms with Crippen LogP contribution in [0.2, 0.25) is 5.02 Å². The summed E-state index contributed by atoms with van der Waals surface area (Å²) in [6.45, 7) is 13.6. The highest BCUT2D eigenvalue weighted by molar-refractivity contribution is 8.02. The zero-order chi connectivity index (χ0) is 28.5. The molecule has 7 atom stereocenters. The van der Waals surface area contributed by atoms with E-state index in [9.17, 15) is 19.5 Å². The standard InChI is InChI=1S/C30H39ClN2O5S/c1-6-9-17-38-28(37)24-23-26(35)33(22(18-34)19(4)8-3)25(30(23)15-14-29(24,5)39-30)27(36)32(16-7-2)21-13-11-10-12-20(21)31/h6-7,10-13,19,22-25,34H,1-2,8-9,14-18H2,3-5H3/t19-,22-,23-,24-,25?,29+,30?/m0/s1. The molecule has 3 saturated heterocycles. The highest BCUT2D eigenvalue weighted by Crippen LogP contribution is 2.72. The molecular formula is C30H39ClN2O5S. The van der Waals surface area contributed by atoms with Crippen LogP contribution in [0.25, 0.3) is 0 Å². The second kappa shape index (κ2) is 11.7. The number of hydrogen-bond acceptors (Lipinski definition) is 6. The molecule has 1 N–H and O–H groups in total. The summed E-state index contributed by atoms with van der Waals surface area (Å²) in [5.41, 5.74) is 0.532. The van der Waals surface area contributed by atoms with E-state index in [0.29, 0.717) is 36.4 Å². The highest BCUT2D eigenvalue weighted by atomic mass is 35.5. The van der Waals surface area contributed by atoms with E-state index in [1.54, 1.807) is 51.9 Å². The number of benzene rings is 1. The molecule has 39 heavy (non-hydrogen) atoms. The van der Waals surface area contributed by atoms with Gasteiger partial charge in [-0.1, -0.05) is 56.2 Å². The molecule has 2 amide bonds. The number of hydrogen-bond donors (Lipinski definition) is 1. The van der Waals surface area contributed by atoms with Crippen molar-refractivity contribution in [2.45, 2.75) is 68.0 Å². The minimum atomic E-state index is -0.879. The van der Waals surface area contributed by atoms with Crippen molar-refractivity contribution in [2.75, 3.05) is 24.7 Å². The summed E-state index contributed by atoms with van der Waals surface area (Å²) < 4.78 is 4.27. The van der Waals surface area contributed by atoms with Gasteiger partial charge in [-0.25, -0.2) is 0 Å². The van der Waals surface area contributed by atoms with Crippen molar-refractivity contribution in [3.05, 3.63) is 54.6 Å². The number of esters is 1. The molecule has 212 valence electrons. The van der Waals surface area contributed by atoms with Gasteiger partial charge in [0, 0.05) is 11.3 Å². The number of thioether (sulfide) groups is 1. The van der Waals surface area contributed by atoms with Crippen LogP contribution in [0.5, 0.6) is 0 Å². The van der Waals surface area contributed by atoms with E-state index >= 15 is 0 Å². The van der Waals surface area contributed by atoms with E-state index in [1.165, 1.54) is 0 Å². The third-order valence-electron chi connectivity index (χ3n) is 8.83. The molecular weight excluding hydrogens is 536 g/mol.